The van der Waals surface area contributed by atoms with E-state index < -0.39 is 25.6 Å². The van der Waals surface area contributed by atoms with E-state index in [0.717, 1.165) is 12.8 Å². The fourth-order valence-electron chi connectivity index (χ4n) is 2.54. The Morgan fingerprint density at radius 1 is 1.30 bits per heavy atom. The smallest absolute Gasteiger partial charge is 0.318 e. The second-order valence-corrected chi connectivity index (χ2v) is 11.2. The van der Waals surface area contributed by atoms with Gasteiger partial charge < -0.3 is 9.47 Å². The molecule has 0 saturated carbocycles. The highest BCUT2D eigenvalue weighted by molar-refractivity contribution is 6.82. The minimum absolute atomic E-state index is 0.278. The second-order valence-electron chi connectivity index (χ2n) is 6.48. The van der Waals surface area contributed by atoms with Crippen LogP contribution in [0.15, 0.2) is 11.3 Å². The van der Waals surface area contributed by atoms with E-state index in [2.05, 4.69) is 18.8 Å². The van der Waals surface area contributed by atoms with E-state index >= 15 is 0 Å². The number of ether oxygens (including phenoxy) is 2. The molecule has 1 aliphatic rings. The molecule has 20 heavy (non-hydrogen) atoms. The number of hydrogen-bond acceptors (Lipinski definition) is 4. The lowest BCUT2D eigenvalue weighted by Crippen LogP contribution is -2.36. The van der Waals surface area contributed by atoms with Gasteiger partial charge in [-0.3, -0.25) is 9.59 Å². The van der Waals surface area contributed by atoms with Crippen LogP contribution in [0.25, 0.3) is 0 Å². The van der Waals surface area contributed by atoms with Gasteiger partial charge in [-0.1, -0.05) is 31.3 Å². The van der Waals surface area contributed by atoms with Crippen LogP contribution in [0, 0.1) is 0 Å². The van der Waals surface area contributed by atoms with E-state index in [4.69, 9.17) is 9.47 Å². The molecule has 0 atom stereocenters. The Hall–Kier alpha value is -1.10. The molecule has 0 unspecified atom stereocenters. The van der Waals surface area contributed by atoms with E-state index in [9.17, 15) is 9.59 Å². The summed E-state index contributed by atoms with van der Waals surface area (Å²) in [5.74, 6) is -1.04. The molecule has 5 heteroatoms. The van der Waals surface area contributed by atoms with Crippen LogP contribution in [-0.2, 0) is 19.1 Å². The normalized spacial score (nSPS) is 18.1. The fourth-order valence-corrected chi connectivity index (χ4v) is 5.21. The summed E-state index contributed by atoms with van der Waals surface area (Å²) in [7, 11) is -1.30. The molecule has 1 aliphatic heterocycles. The van der Waals surface area contributed by atoms with Crippen molar-refractivity contribution in [3.8, 4) is 0 Å². The molecule has 0 aliphatic carbocycles. The minimum Gasteiger partial charge on any atom is -0.466 e. The van der Waals surface area contributed by atoms with E-state index in [1.54, 1.807) is 6.92 Å². The zero-order valence-corrected chi connectivity index (χ0v) is 14.2. The third-order valence-corrected chi connectivity index (χ3v) is 6.34. The molecule has 0 aromatic heterocycles. The number of esters is 2. The van der Waals surface area contributed by atoms with E-state index in [-0.39, 0.29) is 13.0 Å². The summed E-state index contributed by atoms with van der Waals surface area (Å²) < 4.78 is 10.3. The van der Waals surface area contributed by atoms with Crippen molar-refractivity contribution in [2.45, 2.75) is 64.8 Å². The number of hydrogen-bond donors (Lipinski definition) is 0. The van der Waals surface area contributed by atoms with Gasteiger partial charge in [0.25, 0.3) is 0 Å². The zero-order valence-electron chi connectivity index (χ0n) is 13.2. The van der Waals surface area contributed by atoms with Gasteiger partial charge in [-0.25, -0.2) is 0 Å². The van der Waals surface area contributed by atoms with Gasteiger partial charge in [0.05, 0.1) is 14.7 Å². The third kappa shape index (κ3) is 5.11. The Balaban J connectivity index is 2.67. The molecule has 1 rings (SSSR count). The first-order valence-corrected chi connectivity index (χ1v) is 10.5. The largest absolute Gasteiger partial charge is 0.466 e. The van der Waals surface area contributed by atoms with Gasteiger partial charge in [-0.2, -0.15) is 0 Å². The standard InChI is InChI=1S/C15H26O4Si/c1-6-18-13(16)10-14(17)19-15(2,3)12-8-7-9-20(4,5)11-12/h11H,6-10H2,1-5H3. The van der Waals surface area contributed by atoms with Gasteiger partial charge in [0.1, 0.15) is 12.0 Å². The third-order valence-electron chi connectivity index (χ3n) is 3.57. The summed E-state index contributed by atoms with van der Waals surface area (Å²) in [5, 5.41) is 0. The summed E-state index contributed by atoms with van der Waals surface area (Å²) in [6.45, 7) is 10.4. The van der Waals surface area contributed by atoms with Crippen LogP contribution in [0.1, 0.15) is 40.0 Å². The maximum Gasteiger partial charge on any atom is 0.318 e. The van der Waals surface area contributed by atoms with Crippen LogP contribution in [0.3, 0.4) is 0 Å². The minimum atomic E-state index is -1.30. The lowest BCUT2D eigenvalue weighted by Gasteiger charge is -2.34. The molecule has 0 N–H and O–H groups in total. The summed E-state index contributed by atoms with van der Waals surface area (Å²) >= 11 is 0. The van der Waals surface area contributed by atoms with Crippen LogP contribution >= 0.6 is 0 Å². The summed E-state index contributed by atoms with van der Waals surface area (Å²) in [6.07, 6.45) is 1.81. The van der Waals surface area contributed by atoms with Crippen LogP contribution < -0.4 is 0 Å². The van der Waals surface area contributed by atoms with Crippen molar-refractivity contribution in [2.24, 2.45) is 0 Å². The first kappa shape index (κ1) is 16.9. The van der Waals surface area contributed by atoms with E-state index in [1.165, 1.54) is 11.6 Å². The Bertz CT molecular complexity index is 410. The molecular weight excluding hydrogens is 272 g/mol. The molecule has 114 valence electrons. The first-order valence-electron chi connectivity index (χ1n) is 7.26. The van der Waals surface area contributed by atoms with Crippen LogP contribution in [0.5, 0.6) is 0 Å². The Labute approximate surface area is 122 Å². The predicted octanol–water partition coefficient (Wildman–Crippen LogP) is 3.23. The maximum atomic E-state index is 11.8. The lowest BCUT2D eigenvalue weighted by molar-refractivity contribution is -0.160. The van der Waals surface area contributed by atoms with Gasteiger partial charge in [-0.15, -0.1) is 0 Å². The summed E-state index contributed by atoms with van der Waals surface area (Å²) in [6, 6.07) is 1.28. The van der Waals surface area contributed by atoms with Crippen molar-refractivity contribution >= 4 is 20.0 Å². The molecule has 0 aromatic carbocycles. The molecule has 0 aromatic rings. The average Bonchev–Trinajstić information content (AvgIpc) is 2.26. The second kappa shape index (κ2) is 6.57. The van der Waals surface area contributed by atoms with Crippen molar-refractivity contribution in [3.05, 3.63) is 11.3 Å². The molecule has 0 bridgehead atoms. The van der Waals surface area contributed by atoms with Gasteiger partial charge >= 0.3 is 11.9 Å². The van der Waals surface area contributed by atoms with Crippen molar-refractivity contribution in [2.75, 3.05) is 6.61 Å². The molecule has 0 radical (unpaired) electrons. The SMILES string of the molecule is CCOC(=O)CC(=O)OC(C)(C)C1=C[Si](C)(C)CCC1. The number of carbonyl (C=O) groups is 2. The highest BCUT2D eigenvalue weighted by atomic mass is 28.3. The van der Waals surface area contributed by atoms with Crippen LogP contribution in [-0.4, -0.2) is 32.2 Å². The van der Waals surface area contributed by atoms with Gasteiger partial charge in [0.2, 0.25) is 0 Å². The van der Waals surface area contributed by atoms with Crippen LogP contribution in [0.4, 0.5) is 0 Å². The van der Waals surface area contributed by atoms with Crippen molar-refractivity contribution in [1.29, 1.82) is 0 Å². The van der Waals surface area contributed by atoms with Crippen molar-refractivity contribution in [3.63, 3.8) is 0 Å². The summed E-state index contributed by atoms with van der Waals surface area (Å²) in [4.78, 5) is 23.1. The Kier molecular flexibility index (Phi) is 5.56. The molecule has 0 fully saturated rings. The van der Waals surface area contributed by atoms with Crippen molar-refractivity contribution in [1.82, 2.24) is 0 Å². The molecule has 1 heterocycles. The molecule has 4 nitrogen and oxygen atoms in total. The van der Waals surface area contributed by atoms with Gasteiger partial charge in [0, 0.05) is 0 Å². The van der Waals surface area contributed by atoms with E-state index in [0.29, 0.717) is 0 Å². The molecule has 0 saturated heterocycles. The maximum absolute atomic E-state index is 11.8. The lowest BCUT2D eigenvalue weighted by atomic mass is 9.95. The Morgan fingerprint density at radius 3 is 2.50 bits per heavy atom. The topological polar surface area (TPSA) is 52.6 Å². The number of carbonyl (C=O) groups excluding carboxylic acids is 2. The number of rotatable bonds is 5. The fraction of sp³-hybridized carbons (Fsp3) is 0.733. The summed E-state index contributed by atoms with van der Waals surface area (Å²) in [5.41, 5.74) is 2.90. The monoisotopic (exact) mass is 298 g/mol. The first-order chi connectivity index (χ1) is 9.16. The van der Waals surface area contributed by atoms with E-state index in [1.807, 2.05) is 13.8 Å². The van der Waals surface area contributed by atoms with Gasteiger partial charge in [0.15, 0.2) is 0 Å². The molecular formula is C15H26O4Si. The quantitative estimate of drug-likeness (QED) is 0.444. The predicted molar refractivity (Wildman–Crippen MR) is 81.0 cm³/mol. The molecule has 0 amide bonds. The van der Waals surface area contributed by atoms with Crippen molar-refractivity contribution < 1.29 is 19.1 Å². The highest BCUT2D eigenvalue weighted by Crippen LogP contribution is 2.34. The average molecular weight is 298 g/mol. The molecule has 0 spiro atoms. The van der Waals surface area contributed by atoms with Gasteiger partial charge in [-0.05, 0) is 32.8 Å². The van der Waals surface area contributed by atoms with Crippen LogP contribution in [0.2, 0.25) is 19.1 Å². The Morgan fingerprint density at radius 2 is 1.95 bits per heavy atom. The zero-order chi connectivity index (χ0) is 15.4. The highest BCUT2D eigenvalue weighted by Gasteiger charge is 2.33.